The van der Waals surface area contributed by atoms with Crippen molar-refractivity contribution >= 4 is 11.2 Å². The van der Waals surface area contributed by atoms with Gasteiger partial charge in [-0.15, -0.1) is 0 Å². The topological polar surface area (TPSA) is 58.6 Å². The maximum atomic E-state index is 11.9. The summed E-state index contributed by atoms with van der Waals surface area (Å²) in [5.41, 5.74) is 3.08. The minimum absolute atomic E-state index is 0.0550. The van der Waals surface area contributed by atoms with Gasteiger partial charge in [0.15, 0.2) is 11.2 Å². The number of fused-ring (bicyclic) bond motifs is 2. The molecule has 4 heteroatoms. The second-order valence-corrected chi connectivity index (χ2v) is 3.52. The van der Waals surface area contributed by atoms with Gasteiger partial charge < -0.3 is 4.98 Å². The maximum Gasteiger partial charge on any atom is 0.212 e. The van der Waals surface area contributed by atoms with Gasteiger partial charge in [0.2, 0.25) is 5.43 Å². The molecule has 0 aliphatic heterocycles. The molecule has 3 rings (SSSR count). The van der Waals surface area contributed by atoms with E-state index in [9.17, 15) is 4.79 Å². The lowest BCUT2D eigenvalue weighted by molar-refractivity contribution is 0.899. The molecule has 0 unspecified atom stereocenters. The first-order valence-electron chi connectivity index (χ1n) is 4.71. The Morgan fingerprint density at radius 2 is 2.07 bits per heavy atom. The molecule has 70 valence electrons. The summed E-state index contributed by atoms with van der Waals surface area (Å²) in [6.07, 6.45) is 6.03. The summed E-state index contributed by atoms with van der Waals surface area (Å²) in [5.74, 6) is 0. The van der Waals surface area contributed by atoms with Gasteiger partial charge in [-0.2, -0.15) is 0 Å². The Balaban J connectivity index is 2.50. The number of hydrogen-bond acceptors (Lipinski definition) is 3. The molecule has 14 heavy (non-hydrogen) atoms. The lowest BCUT2D eigenvalue weighted by Crippen LogP contribution is -2.12. The minimum Gasteiger partial charge on any atom is -0.341 e. The summed E-state index contributed by atoms with van der Waals surface area (Å²) >= 11 is 0. The molecule has 0 spiro atoms. The highest BCUT2D eigenvalue weighted by Gasteiger charge is 2.17. The molecule has 0 bridgehead atoms. The van der Waals surface area contributed by atoms with Crippen LogP contribution < -0.4 is 5.43 Å². The van der Waals surface area contributed by atoms with Crippen LogP contribution in [0, 0.1) is 0 Å². The summed E-state index contributed by atoms with van der Waals surface area (Å²) in [6, 6.07) is 0. The van der Waals surface area contributed by atoms with E-state index in [1.807, 2.05) is 0 Å². The van der Waals surface area contributed by atoms with Crippen molar-refractivity contribution in [3.05, 3.63) is 33.9 Å². The Labute approximate surface area is 80.0 Å². The number of nitrogens with zero attached hydrogens (tertiary/aromatic N) is 2. The number of aromatic nitrogens is 3. The third kappa shape index (κ3) is 0.907. The van der Waals surface area contributed by atoms with Crippen molar-refractivity contribution in [3.63, 3.8) is 0 Å². The number of rotatable bonds is 0. The fraction of sp³-hybridized carbons (Fsp3) is 0.300. The van der Waals surface area contributed by atoms with Crippen molar-refractivity contribution < 1.29 is 0 Å². The van der Waals surface area contributed by atoms with Crippen LogP contribution in [-0.4, -0.2) is 15.0 Å². The van der Waals surface area contributed by atoms with Crippen LogP contribution in [0.3, 0.4) is 0 Å². The highest BCUT2D eigenvalue weighted by molar-refractivity contribution is 5.70. The van der Waals surface area contributed by atoms with Crippen LogP contribution in [0.5, 0.6) is 0 Å². The third-order valence-corrected chi connectivity index (χ3v) is 2.67. The minimum atomic E-state index is 0.0550. The van der Waals surface area contributed by atoms with Gasteiger partial charge in [0.1, 0.15) is 0 Å². The number of nitrogens with one attached hydrogen (secondary N) is 1. The molecular formula is C10H9N3O. The van der Waals surface area contributed by atoms with E-state index in [0.29, 0.717) is 11.2 Å². The van der Waals surface area contributed by atoms with Crippen LogP contribution >= 0.6 is 0 Å². The van der Waals surface area contributed by atoms with Crippen molar-refractivity contribution in [1.29, 1.82) is 0 Å². The van der Waals surface area contributed by atoms with Gasteiger partial charge in [-0.25, -0.2) is 9.97 Å². The van der Waals surface area contributed by atoms with Gasteiger partial charge in [0.05, 0.1) is 0 Å². The van der Waals surface area contributed by atoms with Gasteiger partial charge >= 0.3 is 0 Å². The molecule has 2 heterocycles. The van der Waals surface area contributed by atoms with E-state index in [1.165, 1.54) is 0 Å². The average molecular weight is 187 g/mol. The molecule has 4 nitrogen and oxygen atoms in total. The molecular weight excluding hydrogens is 178 g/mol. The largest absolute Gasteiger partial charge is 0.341 e. The first-order chi connectivity index (χ1) is 6.86. The summed E-state index contributed by atoms with van der Waals surface area (Å²) in [6.45, 7) is 0. The molecule has 2 aromatic heterocycles. The monoisotopic (exact) mass is 187 g/mol. The molecule has 0 saturated carbocycles. The summed E-state index contributed by atoms with van der Waals surface area (Å²) in [7, 11) is 0. The average Bonchev–Trinajstić information content (AvgIpc) is 2.66. The predicted octanol–water partition coefficient (Wildman–Crippen LogP) is 0.807. The van der Waals surface area contributed by atoms with Gasteiger partial charge in [0, 0.05) is 23.7 Å². The summed E-state index contributed by atoms with van der Waals surface area (Å²) < 4.78 is 0. The van der Waals surface area contributed by atoms with Crippen molar-refractivity contribution in [2.45, 2.75) is 19.3 Å². The molecule has 0 aromatic carbocycles. The fourth-order valence-electron chi connectivity index (χ4n) is 2.01. The summed E-state index contributed by atoms with van der Waals surface area (Å²) in [5, 5.41) is 0. The Kier molecular flexibility index (Phi) is 1.45. The molecule has 1 aliphatic carbocycles. The zero-order valence-corrected chi connectivity index (χ0v) is 7.58. The van der Waals surface area contributed by atoms with Crippen LogP contribution in [0.15, 0.2) is 17.2 Å². The number of aryl methyl sites for hydroxylation is 1. The van der Waals surface area contributed by atoms with Crippen LogP contribution in [0.2, 0.25) is 0 Å². The van der Waals surface area contributed by atoms with Crippen LogP contribution in [-0.2, 0) is 12.8 Å². The van der Waals surface area contributed by atoms with Crippen molar-refractivity contribution in [1.82, 2.24) is 15.0 Å². The predicted molar refractivity (Wildman–Crippen MR) is 52.2 cm³/mol. The van der Waals surface area contributed by atoms with E-state index >= 15 is 0 Å². The van der Waals surface area contributed by atoms with Gasteiger partial charge in [-0.05, 0) is 19.3 Å². The van der Waals surface area contributed by atoms with Crippen molar-refractivity contribution in [2.24, 2.45) is 0 Å². The molecule has 0 saturated heterocycles. The van der Waals surface area contributed by atoms with Crippen molar-refractivity contribution in [2.75, 3.05) is 0 Å². The van der Waals surface area contributed by atoms with Crippen molar-refractivity contribution in [3.8, 4) is 0 Å². The molecule has 0 atom stereocenters. The lowest BCUT2D eigenvalue weighted by atomic mass is 10.2. The smallest absolute Gasteiger partial charge is 0.212 e. The molecule has 0 amide bonds. The number of hydrogen-bond donors (Lipinski definition) is 1. The fourth-order valence-corrected chi connectivity index (χ4v) is 2.01. The number of H-pyrrole nitrogens is 1. The van der Waals surface area contributed by atoms with E-state index in [1.54, 1.807) is 12.4 Å². The van der Waals surface area contributed by atoms with E-state index < -0.39 is 0 Å². The van der Waals surface area contributed by atoms with Gasteiger partial charge in [-0.3, -0.25) is 4.79 Å². The number of aromatic amines is 1. The second kappa shape index (κ2) is 2.64. The van der Waals surface area contributed by atoms with Gasteiger partial charge in [-0.1, -0.05) is 0 Å². The van der Waals surface area contributed by atoms with E-state index in [0.717, 1.165) is 30.5 Å². The standard InChI is InChI=1S/C10H9N3O/c14-9-6-2-1-3-7(6)13-10-8(9)11-4-5-12-10/h4-5H,1-3H2,(H,12,13,14). The Bertz CT molecular complexity index is 559. The van der Waals surface area contributed by atoms with Gasteiger partial charge in [0.25, 0.3) is 0 Å². The normalized spacial score (nSPS) is 14.6. The third-order valence-electron chi connectivity index (χ3n) is 2.67. The molecule has 0 radical (unpaired) electrons. The molecule has 2 aromatic rings. The highest BCUT2D eigenvalue weighted by atomic mass is 16.1. The first-order valence-corrected chi connectivity index (χ1v) is 4.71. The summed E-state index contributed by atoms with van der Waals surface area (Å²) in [4.78, 5) is 23.2. The molecule has 1 aliphatic rings. The maximum absolute atomic E-state index is 11.9. The molecule has 0 fully saturated rings. The van der Waals surface area contributed by atoms with Crippen LogP contribution in [0.1, 0.15) is 17.7 Å². The Hall–Kier alpha value is -1.71. The highest BCUT2D eigenvalue weighted by Crippen LogP contribution is 2.17. The zero-order valence-electron chi connectivity index (χ0n) is 7.58. The van der Waals surface area contributed by atoms with E-state index in [2.05, 4.69) is 15.0 Å². The second-order valence-electron chi connectivity index (χ2n) is 3.52. The Morgan fingerprint density at radius 1 is 1.21 bits per heavy atom. The zero-order chi connectivity index (χ0) is 9.54. The Morgan fingerprint density at radius 3 is 3.00 bits per heavy atom. The molecule has 1 N–H and O–H groups in total. The SMILES string of the molecule is O=c1c2c([nH]c3nccnc13)CCC2. The number of pyridine rings is 1. The van der Waals surface area contributed by atoms with Crippen LogP contribution in [0.25, 0.3) is 11.2 Å². The quantitative estimate of drug-likeness (QED) is 0.663. The first kappa shape index (κ1) is 7.67. The lowest BCUT2D eigenvalue weighted by Gasteiger charge is -2.00. The van der Waals surface area contributed by atoms with E-state index in [-0.39, 0.29) is 5.43 Å². The van der Waals surface area contributed by atoms with Crippen LogP contribution in [0.4, 0.5) is 0 Å². The van der Waals surface area contributed by atoms with E-state index in [4.69, 9.17) is 0 Å².